The molecule has 0 aliphatic carbocycles. The predicted molar refractivity (Wildman–Crippen MR) is 80.5 cm³/mol. The summed E-state index contributed by atoms with van der Waals surface area (Å²) >= 11 is 0. The van der Waals surface area contributed by atoms with Crippen molar-refractivity contribution < 1.29 is 9.72 Å². The van der Waals surface area contributed by atoms with E-state index in [2.05, 4.69) is 24.1 Å². The minimum absolute atomic E-state index is 0.0368. The molecule has 2 rings (SSSR count). The molecule has 1 fully saturated rings. The maximum absolute atomic E-state index is 12.2. The summed E-state index contributed by atoms with van der Waals surface area (Å²) in [5.74, 6) is -0.0439. The fourth-order valence-electron chi connectivity index (χ4n) is 2.82. The number of rotatable bonds is 5. The van der Waals surface area contributed by atoms with E-state index >= 15 is 0 Å². The molecular weight excluding hydrogens is 270 g/mol. The molecule has 114 valence electrons. The van der Waals surface area contributed by atoms with Crippen LogP contribution in [0.25, 0.3) is 0 Å². The van der Waals surface area contributed by atoms with E-state index in [4.69, 9.17) is 0 Å². The molecule has 2 atom stereocenters. The second-order valence-corrected chi connectivity index (χ2v) is 5.71. The standard InChI is InChI=1S/C15H21N3O3/c1-11-9-17(10-12(2)16-11)7-6-15(19)13-4-3-5-14(8-13)18(20)21/h3-5,8,11-12,16H,6-7,9-10H2,1-2H3. The zero-order chi connectivity index (χ0) is 15.4. The molecule has 0 amide bonds. The highest BCUT2D eigenvalue weighted by atomic mass is 16.6. The highest BCUT2D eigenvalue weighted by Gasteiger charge is 2.21. The molecule has 1 saturated heterocycles. The molecule has 0 aromatic heterocycles. The highest BCUT2D eigenvalue weighted by Crippen LogP contribution is 2.15. The number of piperazine rings is 1. The topological polar surface area (TPSA) is 75.5 Å². The van der Waals surface area contributed by atoms with Crippen LogP contribution in [-0.4, -0.2) is 47.3 Å². The monoisotopic (exact) mass is 291 g/mol. The number of nitrogens with one attached hydrogen (secondary N) is 1. The molecule has 0 spiro atoms. The molecule has 1 aromatic carbocycles. The number of carbonyl (C=O) groups is 1. The minimum atomic E-state index is -0.476. The van der Waals surface area contributed by atoms with Gasteiger partial charge in [-0.1, -0.05) is 12.1 Å². The van der Waals surface area contributed by atoms with E-state index in [1.54, 1.807) is 12.1 Å². The van der Waals surface area contributed by atoms with Crippen LogP contribution < -0.4 is 5.32 Å². The lowest BCUT2D eigenvalue weighted by Crippen LogP contribution is -2.54. The maximum Gasteiger partial charge on any atom is 0.270 e. The Labute approximate surface area is 124 Å². The van der Waals surface area contributed by atoms with Gasteiger partial charge in [0.25, 0.3) is 5.69 Å². The maximum atomic E-state index is 12.2. The number of Topliss-reactive ketones (excluding diaryl/α,β-unsaturated/α-hetero) is 1. The van der Waals surface area contributed by atoms with Crippen LogP contribution in [0.3, 0.4) is 0 Å². The second-order valence-electron chi connectivity index (χ2n) is 5.71. The Bertz CT molecular complexity index is 523. The van der Waals surface area contributed by atoms with Crippen LogP contribution in [0, 0.1) is 10.1 Å². The Kier molecular flexibility index (Phi) is 5.03. The van der Waals surface area contributed by atoms with E-state index in [0.717, 1.165) is 13.1 Å². The van der Waals surface area contributed by atoms with Gasteiger partial charge in [0.05, 0.1) is 4.92 Å². The Morgan fingerprint density at radius 2 is 2.05 bits per heavy atom. The molecule has 1 heterocycles. The zero-order valence-electron chi connectivity index (χ0n) is 12.4. The van der Waals surface area contributed by atoms with E-state index in [-0.39, 0.29) is 11.5 Å². The number of nitro benzene ring substituents is 1. The molecule has 21 heavy (non-hydrogen) atoms. The number of carbonyl (C=O) groups excluding carboxylic acids is 1. The van der Waals surface area contributed by atoms with Crippen molar-refractivity contribution in [2.45, 2.75) is 32.4 Å². The van der Waals surface area contributed by atoms with E-state index < -0.39 is 4.92 Å². The van der Waals surface area contributed by atoms with Gasteiger partial charge in [0.15, 0.2) is 5.78 Å². The second kappa shape index (κ2) is 6.78. The predicted octanol–water partition coefficient (Wildman–Crippen LogP) is 1.85. The van der Waals surface area contributed by atoms with Crippen LogP contribution in [0.5, 0.6) is 0 Å². The Morgan fingerprint density at radius 3 is 2.67 bits per heavy atom. The van der Waals surface area contributed by atoms with Crippen LogP contribution in [0.2, 0.25) is 0 Å². The lowest BCUT2D eigenvalue weighted by atomic mass is 10.1. The summed E-state index contributed by atoms with van der Waals surface area (Å²) in [6, 6.07) is 6.78. The van der Waals surface area contributed by atoms with Crippen molar-refractivity contribution in [3.05, 3.63) is 39.9 Å². The number of nitro groups is 1. The number of hydrogen-bond donors (Lipinski definition) is 1. The first kappa shape index (κ1) is 15.6. The molecule has 1 aromatic rings. The van der Waals surface area contributed by atoms with Gasteiger partial charge in [0.1, 0.15) is 0 Å². The first-order valence-corrected chi connectivity index (χ1v) is 7.22. The average molecular weight is 291 g/mol. The molecule has 1 N–H and O–H groups in total. The largest absolute Gasteiger partial charge is 0.309 e. The summed E-state index contributed by atoms with van der Waals surface area (Å²) in [5, 5.41) is 14.2. The smallest absolute Gasteiger partial charge is 0.270 e. The third-order valence-electron chi connectivity index (χ3n) is 3.67. The van der Waals surface area contributed by atoms with Gasteiger partial charge in [0, 0.05) is 55.8 Å². The first-order valence-electron chi connectivity index (χ1n) is 7.22. The van der Waals surface area contributed by atoms with Gasteiger partial charge in [-0.15, -0.1) is 0 Å². The summed E-state index contributed by atoms with van der Waals surface area (Å²) in [5.41, 5.74) is 0.380. The number of ketones is 1. The van der Waals surface area contributed by atoms with E-state index in [1.165, 1.54) is 12.1 Å². The van der Waals surface area contributed by atoms with Crippen molar-refractivity contribution in [3.63, 3.8) is 0 Å². The molecule has 0 radical (unpaired) electrons. The molecule has 1 aliphatic heterocycles. The molecule has 2 unspecified atom stereocenters. The van der Waals surface area contributed by atoms with Crippen molar-refractivity contribution in [1.29, 1.82) is 0 Å². The number of hydrogen-bond acceptors (Lipinski definition) is 5. The first-order chi connectivity index (χ1) is 9.95. The van der Waals surface area contributed by atoms with Gasteiger partial charge in [-0.3, -0.25) is 19.8 Å². The summed E-state index contributed by atoms with van der Waals surface area (Å²) in [6.45, 7) is 6.80. The van der Waals surface area contributed by atoms with Gasteiger partial charge in [-0.2, -0.15) is 0 Å². The molecule has 1 aliphatic rings. The Hall–Kier alpha value is -1.79. The lowest BCUT2D eigenvalue weighted by molar-refractivity contribution is -0.384. The third kappa shape index (κ3) is 4.34. The summed E-state index contributed by atoms with van der Waals surface area (Å²) in [7, 11) is 0. The van der Waals surface area contributed by atoms with Crippen molar-refractivity contribution in [1.82, 2.24) is 10.2 Å². The summed E-state index contributed by atoms with van der Waals surface area (Å²) in [6.07, 6.45) is 0.389. The van der Waals surface area contributed by atoms with Crippen LogP contribution in [-0.2, 0) is 0 Å². The third-order valence-corrected chi connectivity index (χ3v) is 3.67. The number of benzene rings is 1. The van der Waals surface area contributed by atoms with Crippen LogP contribution in [0.15, 0.2) is 24.3 Å². The van der Waals surface area contributed by atoms with Crippen molar-refractivity contribution in [2.75, 3.05) is 19.6 Å². The van der Waals surface area contributed by atoms with Gasteiger partial charge in [-0.05, 0) is 13.8 Å². The zero-order valence-corrected chi connectivity index (χ0v) is 12.4. The van der Waals surface area contributed by atoms with Crippen molar-refractivity contribution >= 4 is 11.5 Å². The molecule has 0 bridgehead atoms. The van der Waals surface area contributed by atoms with E-state index in [0.29, 0.717) is 30.6 Å². The van der Waals surface area contributed by atoms with E-state index in [1.807, 2.05) is 0 Å². The van der Waals surface area contributed by atoms with Gasteiger partial charge < -0.3 is 5.32 Å². The Balaban J connectivity index is 1.92. The number of nitrogens with zero attached hydrogens (tertiary/aromatic N) is 2. The number of non-ortho nitro benzene ring substituents is 1. The van der Waals surface area contributed by atoms with Gasteiger partial charge >= 0.3 is 0 Å². The lowest BCUT2D eigenvalue weighted by Gasteiger charge is -2.36. The fourth-order valence-corrected chi connectivity index (χ4v) is 2.82. The molecule has 0 saturated carbocycles. The van der Waals surface area contributed by atoms with Crippen molar-refractivity contribution in [2.24, 2.45) is 0 Å². The fraction of sp³-hybridized carbons (Fsp3) is 0.533. The van der Waals surface area contributed by atoms with Crippen molar-refractivity contribution in [3.8, 4) is 0 Å². The van der Waals surface area contributed by atoms with E-state index in [9.17, 15) is 14.9 Å². The molecular formula is C15H21N3O3. The van der Waals surface area contributed by atoms with Gasteiger partial charge in [0.2, 0.25) is 0 Å². The molecule has 6 heteroatoms. The van der Waals surface area contributed by atoms with Gasteiger partial charge in [-0.25, -0.2) is 0 Å². The van der Waals surface area contributed by atoms with Crippen LogP contribution in [0.1, 0.15) is 30.6 Å². The van der Waals surface area contributed by atoms with Crippen LogP contribution in [0.4, 0.5) is 5.69 Å². The summed E-state index contributed by atoms with van der Waals surface area (Å²) < 4.78 is 0. The Morgan fingerprint density at radius 1 is 1.38 bits per heavy atom. The quantitative estimate of drug-likeness (QED) is 0.509. The molecule has 6 nitrogen and oxygen atoms in total. The summed E-state index contributed by atoms with van der Waals surface area (Å²) in [4.78, 5) is 24.7. The SMILES string of the molecule is CC1CN(CCC(=O)c2cccc([N+](=O)[O-])c2)CC(C)N1. The normalized spacial score (nSPS) is 23.0. The average Bonchev–Trinajstić information content (AvgIpc) is 2.44. The van der Waals surface area contributed by atoms with Crippen LogP contribution >= 0.6 is 0 Å². The highest BCUT2D eigenvalue weighted by molar-refractivity contribution is 5.96. The minimum Gasteiger partial charge on any atom is -0.309 e.